The zero-order chi connectivity index (χ0) is 22.1. The van der Waals surface area contributed by atoms with E-state index in [1.807, 2.05) is 39.9 Å². The number of amides is 1. The van der Waals surface area contributed by atoms with Gasteiger partial charge in [0, 0.05) is 51.5 Å². The first-order valence-electron chi connectivity index (χ1n) is 10.7. The normalized spacial score (nSPS) is 14.9. The third-order valence-corrected chi connectivity index (χ3v) is 5.96. The van der Waals surface area contributed by atoms with Crippen LogP contribution in [0.4, 0.5) is 0 Å². The summed E-state index contributed by atoms with van der Waals surface area (Å²) in [4.78, 5) is 46.3. The number of piperazine rings is 1. The van der Waals surface area contributed by atoms with Gasteiger partial charge in [0.1, 0.15) is 5.65 Å². The quantitative estimate of drug-likeness (QED) is 0.509. The molecule has 3 aromatic heterocycles. The number of pyridine rings is 1. The number of hydrogen-bond donors (Lipinski definition) is 1. The summed E-state index contributed by atoms with van der Waals surface area (Å²) in [6.07, 6.45) is 4.19. The fourth-order valence-corrected chi connectivity index (χ4v) is 4.22. The minimum Gasteiger partial charge on any atom is -0.340 e. The first kappa shape index (κ1) is 20.2. The Morgan fingerprint density at radius 1 is 0.969 bits per heavy atom. The van der Waals surface area contributed by atoms with Crippen molar-refractivity contribution in [3.63, 3.8) is 0 Å². The van der Waals surface area contributed by atoms with E-state index in [1.165, 1.54) is 4.68 Å². The van der Waals surface area contributed by atoms with Gasteiger partial charge in [-0.3, -0.25) is 24.4 Å². The van der Waals surface area contributed by atoms with Crippen molar-refractivity contribution in [2.75, 3.05) is 26.2 Å². The topological polar surface area (TPSA) is 95.7 Å². The fraction of sp³-hybridized carbons (Fsp3) is 0.304. The molecule has 1 amide bonds. The minimum absolute atomic E-state index is 0.0155. The lowest BCUT2D eigenvalue weighted by molar-refractivity contribution is -0.133. The summed E-state index contributed by atoms with van der Waals surface area (Å²) in [5, 5.41) is 3.31. The molecule has 1 aromatic carbocycles. The molecule has 0 unspecified atom stereocenters. The van der Waals surface area contributed by atoms with Gasteiger partial charge in [-0.05, 0) is 24.3 Å². The third kappa shape index (κ3) is 3.94. The van der Waals surface area contributed by atoms with Gasteiger partial charge in [-0.15, -0.1) is 0 Å². The molecule has 1 fully saturated rings. The number of nitrogens with zero attached hydrogens (tertiary/aromatic N) is 5. The Bertz CT molecular complexity index is 1360. The predicted molar refractivity (Wildman–Crippen MR) is 120 cm³/mol. The molecule has 1 N–H and O–H groups in total. The van der Waals surface area contributed by atoms with E-state index in [9.17, 15) is 14.4 Å². The van der Waals surface area contributed by atoms with Crippen molar-refractivity contribution in [1.29, 1.82) is 0 Å². The Morgan fingerprint density at radius 2 is 1.72 bits per heavy atom. The van der Waals surface area contributed by atoms with Crippen LogP contribution in [0.3, 0.4) is 0 Å². The van der Waals surface area contributed by atoms with Crippen LogP contribution in [0.1, 0.15) is 12.1 Å². The number of aromatic nitrogens is 4. The number of fused-ring (bicyclic) bond motifs is 2. The first-order valence-corrected chi connectivity index (χ1v) is 10.7. The number of carbonyl (C=O) groups is 1. The predicted octanol–water partition coefficient (Wildman–Crippen LogP) is 1.07. The average molecular weight is 432 g/mol. The molecule has 0 saturated carbocycles. The van der Waals surface area contributed by atoms with E-state index in [0.717, 1.165) is 31.0 Å². The maximum absolute atomic E-state index is 12.7. The summed E-state index contributed by atoms with van der Waals surface area (Å²) in [6.45, 7) is 3.71. The van der Waals surface area contributed by atoms with Gasteiger partial charge in [-0.2, -0.15) is 0 Å². The number of benzene rings is 1. The highest BCUT2D eigenvalue weighted by molar-refractivity contribution is 5.80. The van der Waals surface area contributed by atoms with Gasteiger partial charge < -0.3 is 9.30 Å². The van der Waals surface area contributed by atoms with Crippen LogP contribution in [-0.4, -0.2) is 61.1 Å². The van der Waals surface area contributed by atoms with Crippen LogP contribution in [-0.2, 0) is 17.9 Å². The first-order chi connectivity index (χ1) is 15.6. The standard InChI is InChI=1S/C23H24N6O3/c30-21(8-10-29-23(32)19-6-2-1-5-18(19)22(31)25-29)27-13-11-26(12-14-27)15-17-16-28-9-4-3-7-20(28)24-17/h1-7,9,16H,8,10-15H2,(H,25,31). The molecule has 32 heavy (non-hydrogen) atoms. The molecule has 0 bridgehead atoms. The molecule has 4 heterocycles. The van der Waals surface area contributed by atoms with Crippen molar-refractivity contribution < 1.29 is 4.79 Å². The zero-order valence-electron chi connectivity index (χ0n) is 17.6. The van der Waals surface area contributed by atoms with Crippen molar-refractivity contribution in [3.05, 3.63) is 81.3 Å². The molecule has 9 nitrogen and oxygen atoms in total. The van der Waals surface area contributed by atoms with Crippen LogP contribution >= 0.6 is 0 Å². The zero-order valence-corrected chi connectivity index (χ0v) is 17.6. The molecule has 0 atom stereocenters. The number of imidazole rings is 1. The summed E-state index contributed by atoms with van der Waals surface area (Å²) < 4.78 is 3.25. The Hall–Kier alpha value is -3.72. The number of H-pyrrole nitrogens is 1. The van der Waals surface area contributed by atoms with E-state index in [1.54, 1.807) is 24.3 Å². The molecule has 0 aliphatic carbocycles. The Kier molecular flexibility index (Phi) is 5.32. The minimum atomic E-state index is -0.326. The van der Waals surface area contributed by atoms with Gasteiger partial charge in [-0.1, -0.05) is 18.2 Å². The van der Waals surface area contributed by atoms with Gasteiger partial charge in [0.05, 0.1) is 23.0 Å². The lowest BCUT2D eigenvalue weighted by Crippen LogP contribution is -2.48. The number of carbonyl (C=O) groups excluding carboxylic acids is 1. The SMILES string of the molecule is O=C(CCn1[nH]c(=O)c2ccccc2c1=O)N1CCN(Cc2cn3ccccc3n2)CC1. The number of rotatable bonds is 5. The van der Waals surface area contributed by atoms with Crippen LogP contribution in [0.2, 0.25) is 0 Å². The van der Waals surface area contributed by atoms with Gasteiger partial charge in [0.25, 0.3) is 11.1 Å². The average Bonchev–Trinajstić information content (AvgIpc) is 3.23. The van der Waals surface area contributed by atoms with Crippen LogP contribution in [0.5, 0.6) is 0 Å². The van der Waals surface area contributed by atoms with Crippen LogP contribution in [0.25, 0.3) is 16.4 Å². The van der Waals surface area contributed by atoms with Crippen molar-refractivity contribution >= 4 is 22.3 Å². The lowest BCUT2D eigenvalue weighted by Gasteiger charge is -2.34. The van der Waals surface area contributed by atoms with Crippen molar-refractivity contribution in [3.8, 4) is 0 Å². The molecule has 164 valence electrons. The lowest BCUT2D eigenvalue weighted by atomic mass is 10.2. The second-order valence-electron chi connectivity index (χ2n) is 8.05. The molecule has 0 radical (unpaired) electrons. The van der Waals surface area contributed by atoms with Crippen LogP contribution in [0, 0.1) is 0 Å². The number of hydrogen-bond acceptors (Lipinski definition) is 5. The molecule has 1 saturated heterocycles. The Labute approximate surface area is 183 Å². The summed E-state index contributed by atoms with van der Waals surface area (Å²) >= 11 is 0. The summed E-state index contributed by atoms with van der Waals surface area (Å²) in [7, 11) is 0. The monoisotopic (exact) mass is 432 g/mol. The number of aryl methyl sites for hydroxylation is 1. The van der Waals surface area contributed by atoms with Gasteiger partial charge in [0.15, 0.2) is 0 Å². The highest BCUT2D eigenvalue weighted by atomic mass is 16.2. The number of nitrogens with one attached hydrogen (secondary N) is 1. The summed E-state index contributed by atoms with van der Waals surface area (Å²) in [6, 6.07) is 12.6. The molecular formula is C23H24N6O3. The van der Waals surface area contributed by atoms with E-state index in [0.29, 0.717) is 23.9 Å². The van der Waals surface area contributed by atoms with Crippen molar-refractivity contribution in [2.24, 2.45) is 0 Å². The highest BCUT2D eigenvalue weighted by Crippen LogP contribution is 2.11. The van der Waals surface area contributed by atoms with E-state index >= 15 is 0 Å². The van der Waals surface area contributed by atoms with Gasteiger partial charge >= 0.3 is 0 Å². The molecule has 1 aliphatic heterocycles. The van der Waals surface area contributed by atoms with Crippen LogP contribution < -0.4 is 11.1 Å². The molecular weight excluding hydrogens is 408 g/mol. The maximum Gasteiger partial charge on any atom is 0.273 e. The number of aromatic amines is 1. The molecule has 5 rings (SSSR count). The van der Waals surface area contributed by atoms with Crippen LogP contribution in [0.15, 0.2) is 64.4 Å². The van der Waals surface area contributed by atoms with Gasteiger partial charge in [-0.25, -0.2) is 9.67 Å². The Balaban J connectivity index is 1.17. The summed E-state index contributed by atoms with van der Waals surface area (Å²) in [5.74, 6) is -0.0155. The third-order valence-electron chi connectivity index (χ3n) is 5.96. The Morgan fingerprint density at radius 3 is 2.50 bits per heavy atom. The van der Waals surface area contributed by atoms with E-state index < -0.39 is 0 Å². The smallest absolute Gasteiger partial charge is 0.273 e. The molecule has 9 heteroatoms. The largest absolute Gasteiger partial charge is 0.340 e. The van der Waals surface area contributed by atoms with E-state index in [-0.39, 0.29) is 30.0 Å². The molecule has 4 aromatic rings. The van der Waals surface area contributed by atoms with E-state index in [4.69, 9.17) is 0 Å². The highest BCUT2D eigenvalue weighted by Gasteiger charge is 2.22. The fourth-order valence-electron chi connectivity index (χ4n) is 4.22. The van der Waals surface area contributed by atoms with Crippen molar-refractivity contribution in [2.45, 2.75) is 19.5 Å². The molecule has 1 aliphatic rings. The molecule has 0 spiro atoms. The van der Waals surface area contributed by atoms with E-state index in [2.05, 4.69) is 15.0 Å². The maximum atomic E-state index is 12.7. The van der Waals surface area contributed by atoms with Gasteiger partial charge in [0.2, 0.25) is 5.91 Å². The second-order valence-corrected chi connectivity index (χ2v) is 8.05. The summed E-state index contributed by atoms with van der Waals surface area (Å²) in [5.41, 5.74) is 1.33. The second kappa shape index (κ2) is 8.43. The van der Waals surface area contributed by atoms with Crippen molar-refractivity contribution in [1.82, 2.24) is 29.0 Å².